The third-order valence-corrected chi connectivity index (χ3v) is 9.58. The van der Waals surface area contributed by atoms with Gasteiger partial charge < -0.3 is 4.74 Å². The van der Waals surface area contributed by atoms with Crippen LogP contribution in [0.2, 0.25) is 0 Å². The number of hydrogen-bond donors (Lipinski definition) is 0. The normalized spacial score (nSPS) is 51.1. The molecule has 0 N–H and O–H groups in total. The van der Waals surface area contributed by atoms with E-state index in [0.29, 0.717) is 12.8 Å². The highest BCUT2D eigenvalue weighted by atomic mass is 19.1. The van der Waals surface area contributed by atoms with E-state index >= 15 is 4.39 Å². The molecule has 29 heavy (non-hydrogen) atoms. The number of hydrogen-bond acceptors (Lipinski definition) is 3. The standard InChI is InChI=1S/C25H35FO3/c1-7-21(28)25(29-6)15(2)12-20-19-9-8-17-13-18(27)10-11-22(17,4)24(19,26)16(3)14-23(20,25)5/h10-11,13,15-16,19-20H,7-9,12,14H2,1-6H3/t15-,16+,19+,20+,22+,23+,24-,25+/m1/s1. The Labute approximate surface area is 174 Å². The Morgan fingerprint density at radius 1 is 1.24 bits per heavy atom. The van der Waals surface area contributed by atoms with E-state index < -0.39 is 16.7 Å². The molecule has 3 saturated carbocycles. The number of rotatable bonds is 3. The number of Topliss-reactive ketones (excluding diaryl/α,β-unsaturated/α-hetero) is 1. The third-order valence-electron chi connectivity index (χ3n) is 9.58. The summed E-state index contributed by atoms with van der Waals surface area (Å²) < 4.78 is 23.4. The lowest BCUT2D eigenvalue weighted by Gasteiger charge is -2.63. The molecule has 0 unspecified atom stereocenters. The molecule has 4 rings (SSSR count). The van der Waals surface area contributed by atoms with Crippen molar-refractivity contribution in [1.82, 2.24) is 0 Å². The first-order chi connectivity index (χ1) is 13.5. The van der Waals surface area contributed by atoms with Gasteiger partial charge in [0.15, 0.2) is 11.6 Å². The molecule has 0 aromatic carbocycles. The molecular formula is C25H35FO3. The monoisotopic (exact) mass is 402 g/mol. The van der Waals surface area contributed by atoms with E-state index in [1.54, 1.807) is 19.3 Å². The second kappa shape index (κ2) is 6.35. The molecule has 160 valence electrons. The second-order valence-electron chi connectivity index (χ2n) is 10.5. The van der Waals surface area contributed by atoms with Gasteiger partial charge in [-0.05, 0) is 68.4 Å². The highest BCUT2D eigenvalue weighted by molar-refractivity contribution is 6.01. The average Bonchev–Trinajstić information content (AvgIpc) is 2.90. The maximum absolute atomic E-state index is 17.3. The van der Waals surface area contributed by atoms with Crippen LogP contribution >= 0.6 is 0 Å². The Morgan fingerprint density at radius 2 is 1.93 bits per heavy atom. The Balaban J connectivity index is 1.85. The number of halogens is 1. The minimum absolute atomic E-state index is 0.0331. The lowest BCUT2D eigenvalue weighted by molar-refractivity contribution is -0.204. The van der Waals surface area contributed by atoms with Crippen molar-refractivity contribution < 1.29 is 18.7 Å². The van der Waals surface area contributed by atoms with E-state index in [1.165, 1.54) is 0 Å². The number of alkyl halides is 1. The van der Waals surface area contributed by atoms with Crippen molar-refractivity contribution in [3.63, 3.8) is 0 Å². The van der Waals surface area contributed by atoms with E-state index in [-0.39, 0.29) is 40.7 Å². The maximum atomic E-state index is 17.3. The fourth-order valence-corrected chi connectivity index (χ4v) is 8.45. The fraction of sp³-hybridized carbons (Fsp3) is 0.760. The van der Waals surface area contributed by atoms with Crippen molar-refractivity contribution in [1.29, 1.82) is 0 Å². The molecule has 0 aliphatic heterocycles. The van der Waals surface area contributed by atoms with Crippen LogP contribution in [0.1, 0.15) is 66.7 Å². The molecular weight excluding hydrogens is 367 g/mol. The van der Waals surface area contributed by atoms with Crippen LogP contribution in [0.5, 0.6) is 0 Å². The van der Waals surface area contributed by atoms with Crippen molar-refractivity contribution in [2.45, 2.75) is 78.0 Å². The molecule has 0 heterocycles. The number of allylic oxidation sites excluding steroid dienone is 4. The van der Waals surface area contributed by atoms with Crippen molar-refractivity contribution in [2.75, 3.05) is 7.11 Å². The zero-order valence-corrected chi connectivity index (χ0v) is 18.7. The zero-order chi connectivity index (χ0) is 21.4. The molecule has 0 amide bonds. The van der Waals surface area contributed by atoms with Gasteiger partial charge in [0.05, 0.1) is 0 Å². The predicted molar refractivity (Wildman–Crippen MR) is 111 cm³/mol. The van der Waals surface area contributed by atoms with Crippen LogP contribution in [-0.4, -0.2) is 29.9 Å². The van der Waals surface area contributed by atoms with Gasteiger partial charge in [-0.2, -0.15) is 0 Å². The quantitative estimate of drug-likeness (QED) is 0.648. The molecule has 0 bridgehead atoms. The van der Waals surface area contributed by atoms with Gasteiger partial charge in [-0.3, -0.25) is 9.59 Å². The van der Waals surface area contributed by atoms with E-state index in [2.05, 4.69) is 13.8 Å². The summed E-state index contributed by atoms with van der Waals surface area (Å²) in [6.45, 7) is 10.2. The highest BCUT2D eigenvalue weighted by Gasteiger charge is 2.75. The summed E-state index contributed by atoms with van der Waals surface area (Å²) in [4.78, 5) is 25.2. The summed E-state index contributed by atoms with van der Waals surface area (Å²) in [5, 5.41) is 0. The lowest BCUT2D eigenvalue weighted by atomic mass is 9.43. The van der Waals surface area contributed by atoms with Crippen LogP contribution in [0.3, 0.4) is 0 Å². The predicted octanol–water partition coefficient (Wildman–Crippen LogP) is 5.24. The number of carbonyl (C=O) groups excluding carboxylic acids is 2. The molecule has 0 saturated heterocycles. The van der Waals surface area contributed by atoms with Crippen LogP contribution in [-0.2, 0) is 14.3 Å². The molecule has 4 heteroatoms. The van der Waals surface area contributed by atoms with Crippen molar-refractivity contribution in [3.05, 3.63) is 23.8 Å². The molecule has 0 aromatic heterocycles. The molecule has 0 spiro atoms. The smallest absolute Gasteiger partial charge is 0.178 e. The van der Waals surface area contributed by atoms with Crippen LogP contribution in [0.25, 0.3) is 0 Å². The summed E-state index contributed by atoms with van der Waals surface area (Å²) in [5.41, 5.74) is -2.44. The van der Waals surface area contributed by atoms with Gasteiger partial charge in [-0.15, -0.1) is 0 Å². The van der Waals surface area contributed by atoms with Crippen LogP contribution in [0.4, 0.5) is 4.39 Å². The van der Waals surface area contributed by atoms with Crippen molar-refractivity contribution in [2.24, 2.45) is 34.5 Å². The molecule has 4 aliphatic rings. The van der Waals surface area contributed by atoms with E-state index in [4.69, 9.17) is 4.74 Å². The van der Waals surface area contributed by atoms with E-state index in [1.807, 2.05) is 26.8 Å². The Hall–Kier alpha value is -1.29. The molecule has 3 nitrogen and oxygen atoms in total. The number of ketones is 2. The summed E-state index contributed by atoms with van der Waals surface area (Å²) >= 11 is 0. The van der Waals surface area contributed by atoms with Gasteiger partial charge in [-0.1, -0.05) is 39.3 Å². The molecule has 4 aliphatic carbocycles. The number of fused-ring (bicyclic) bond motifs is 5. The fourth-order valence-electron chi connectivity index (χ4n) is 8.45. The van der Waals surface area contributed by atoms with Gasteiger partial charge in [-0.25, -0.2) is 4.39 Å². The van der Waals surface area contributed by atoms with Crippen LogP contribution in [0.15, 0.2) is 23.8 Å². The summed E-state index contributed by atoms with van der Waals surface area (Å²) in [6, 6.07) is 0. The number of carbonyl (C=O) groups is 2. The van der Waals surface area contributed by atoms with Crippen molar-refractivity contribution in [3.8, 4) is 0 Å². The Morgan fingerprint density at radius 3 is 2.55 bits per heavy atom. The summed E-state index contributed by atoms with van der Waals surface area (Å²) in [6.07, 6.45) is 8.40. The SMILES string of the molecule is CCC(=O)[C@@]1(OC)[C@H](C)C[C@H]2[C@@H]3CCC4=CC(=O)C=C[C@]4(C)[C@@]3(F)[C@@H](C)C[C@@]21C. The molecule has 3 fully saturated rings. The average molecular weight is 403 g/mol. The summed E-state index contributed by atoms with van der Waals surface area (Å²) in [5.74, 6) is -0.0856. The number of methoxy groups -OCH3 is 1. The Kier molecular flexibility index (Phi) is 4.59. The first-order valence-corrected chi connectivity index (χ1v) is 11.2. The topological polar surface area (TPSA) is 43.4 Å². The van der Waals surface area contributed by atoms with E-state index in [0.717, 1.165) is 24.8 Å². The summed E-state index contributed by atoms with van der Waals surface area (Å²) in [7, 11) is 1.66. The first kappa shape index (κ1) is 21.0. The largest absolute Gasteiger partial charge is 0.370 e. The number of ether oxygens (including phenoxy) is 1. The third kappa shape index (κ3) is 2.22. The van der Waals surface area contributed by atoms with Gasteiger partial charge in [0.1, 0.15) is 11.3 Å². The molecule has 0 aromatic rings. The minimum atomic E-state index is -1.42. The second-order valence-corrected chi connectivity index (χ2v) is 10.5. The first-order valence-electron chi connectivity index (χ1n) is 11.2. The van der Waals surface area contributed by atoms with Gasteiger partial charge >= 0.3 is 0 Å². The van der Waals surface area contributed by atoms with Crippen LogP contribution in [0, 0.1) is 34.5 Å². The van der Waals surface area contributed by atoms with Gasteiger partial charge in [0.25, 0.3) is 0 Å². The lowest BCUT2D eigenvalue weighted by Crippen LogP contribution is -2.67. The highest BCUT2D eigenvalue weighted by Crippen LogP contribution is 2.72. The van der Waals surface area contributed by atoms with E-state index in [9.17, 15) is 9.59 Å². The van der Waals surface area contributed by atoms with Gasteiger partial charge in [0, 0.05) is 24.4 Å². The van der Waals surface area contributed by atoms with Crippen LogP contribution < -0.4 is 0 Å². The minimum Gasteiger partial charge on any atom is -0.370 e. The Bertz CT molecular complexity index is 815. The molecule has 0 radical (unpaired) electrons. The maximum Gasteiger partial charge on any atom is 0.178 e. The van der Waals surface area contributed by atoms with Crippen molar-refractivity contribution >= 4 is 11.6 Å². The van der Waals surface area contributed by atoms with Gasteiger partial charge in [0.2, 0.25) is 0 Å². The zero-order valence-electron chi connectivity index (χ0n) is 18.7. The molecule has 8 atom stereocenters.